The van der Waals surface area contributed by atoms with Crippen LogP contribution in [-0.2, 0) is 0 Å². The maximum atomic E-state index is 5.28. The lowest BCUT2D eigenvalue weighted by Crippen LogP contribution is -1.88. The third-order valence-corrected chi connectivity index (χ3v) is 7.16. The average Bonchev–Trinajstić information content (AvgIpc) is 3.59. The lowest BCUT2D eigenvalue weighted by atomic mass is 10.00. The van der Waals surface area contributed by atoms with Crippen molar-refractivity contribution in [2.24, 2.45) is 0 Å². The van der Waals surface area contributed by atoms with Crippen LogP contribution in [0.3, 0.4) is 0 Å². The van der Waals surface area contributed by atoms with E-state index >= 15 is 0 Å². The van der Waals surface area contributed by atoms with Gasteiger partial charge in [0.05, 0.1) is 33.1 Å². The molecule has 33 heavy (non-hydrogen) atoms. The standard InChI is InChI=1S/C28H15N5/c1-3-10-18-16(8-1)17-9-2-4-11-19(17)25-24(18)30-28-32(25)23-15-7-14-22-26(23)33(28)27-29-20-12-5-6-13-21(20)31(22)27/h1-15H. The van der Waals surface area contributed by atoms with Gasteiger partial charge < -0.3 is 0 Å². The van der Waals surface area contributed by atoms with Crippen LogP contribution in [0.5, 0.6) is 0 Å². The third kappa shape index (κ3) is 1.68. The van der Waals surface area contributed by atoms with Gasteiger partial charge in [0.25, 0.3) is 0 Å². The summed E-state index contributed by atoms with van der Waals surface area (Å²) in [6.45, 7) is 0. The summed E-state index contributed by atoms with van der Waals surface area (Å²) in [7, 11) is 0. The van der Waals surface area contributed by atoms with Crippen LogP contribution >= 0.6 is 0 Å². The molecular formula is C28H15N5. The molecular weight excluding hydrogens is 406 g/mol. The quantitative estimate of drug-likeness (QED) is 0.264. The van der Waals surface area contributed by atoms with E-state index in [0.717, 1.165) is 50.2 Å². The summed E-state index contributed by atoms with van der Waals surface area (Å²) < 4.78 is 6.81. The van der Waals surface area contributed by atoms with Gasteiger partial charge in [-0.3, -0.25) is 8.80 Å². The predicted molar refractivity (Wildman–Crippen MR) is 134 cm³/mol. The van der Waals surface area contributed by atoms with Crippen LogP contribution in [-0.4, -0.2) is 23.2 Å². The van der Waals surface area contributed by atoms with Gasteiger partial charge in [-0.05, 0) is 35.0 Å². The number of rotatable bonds is 0. The molecule has 0 atom stereocenters. The summed E-state index contributed by atoms with van der Waals surface area (Å²) in [6.07, 6.45) is 0. The number of imidazole rings is 4. The minimum atomic E-state index is 0.904. The van der Waals surface area contributed by atoms with Crippen LogP contribution in [0.1, 0.15) is 0 Å². The first-order valence-corrected chi connectivity index (χ1v) is 11.1. The van der Waals surface area contributed by atoms with Crippen LogP contribution in [0.15, 0.2) is 91.0 Å². The number of hydrogen-bond acceptors (Lipinski definition) is 2. The largest absolute Gasteiger partial charge is 0.276 e. The molecule has 0 amide bonds. The Morgan fingerprint density at radius 2 is 1.03 bits per heavy atom. The van der Waals surface area contributed by atoms with Gasteiger partial charge in [0.1, 0.15) is 5.52 Å². The van der Waals surface area contributed by atoms with E-state index in [0.29, 0.717) is 0 Å². The molecule has 0 saturated carbocycles. The smallest absolute Gasteiger partial charge is 0.223 e. The normalized spacial score (nSPS) is 12.8. The first-order chi connectivity index (χ1) is 16.4. The lowest BCUT2D eigenvalue weighted by Gasteiger charge is -2.07. The molecule has 0 aliphatic heterocycles. The van der Waals surface area contributed by atoms with Gasteiger partial charge in [0, 0.05) is 10.8 Å². The van der Waals surface area contributed by atoms with Crippen molar-refractivity contribution in [2.75, 3.05) is 0 Å². The first-order valence-electron chi connectivity index (χ1n) is 11.1. The Hall–Kier alpha value is -4.64. The fraction of sp³-hybridized carbons (Fsp3) is 0. The maximum absolute atomic E-state index is 5.28. The number of aromatic nitrogens is 5. The zero-order valence-electron chi connectivity index (χ0n) is 17.4. The van der Waals surface area contributed by atoms with E-state index in [2.05, 4.69) is 98.1 Å². The van der Waals surface area contributed by atoms with Gasteiger partial charge in [0.15, 0.2) is 0 Å². The SMILES string of the molecule is c1ccc2c(c1)nc1n2c2cccc3c2n1c1nc2c4ccccc4c4ccccc4c2n31. The van der Waals surface area contributed by atoms with E-state index in [1.54, 1.807) is 0 Å². The first kappa shape index (κ1) is 16.1. The van der Waals surface area contributed by atoms with E-state index in [1.165, 1.54) is 21.5 Å². The molecule has 9 rings (SSSR count). The molecule has 0 fully saturated rings. The van der Waals surface area contributed by atoms with Crippen molar-refractivity contribution in [2.45, 2.75) is 0 Å². The van der Waals surface area contributed by atoms with Crippen molar-refractivity contribution in [1.29, 1.82) is 0 Å². The molecule has 4 heterocycles. The number of hydrogen-bond donors (Lipinski definition) is 0. The highest BCUT2D eigenvalue weighted by Crippen LogP contribution is 2.39. The summed E-state index contributed by atoms with van der Waals surface area (Å²) in [5, 5.41) is 4.89. The van der Waals surface area contributed by atoms with Gasteiger partial charge in [-0.15, -0.1) is 0 Å². The topological polar surface area (TPSA) is 39.0 Å². The number of benzene rings is 5. The highest BCUT2D eigenvalue weighted by Gasteiger charge is 2.24. The molecule has 0 aliphatic carbocycles. The predicted octanol–water partition coefficient (Wildman–Crippen LogP) is 6.44. The Morgan fingerprint density at radius 1 is 0.424 bits per heavy atom. The van der Waals surface area contributed by atoms with Gasteiger partial charge in [-0.2, -0.15) is 0 Å². The Bertz CT molecular complexity index is 2240. The molecule has 0 bridgehead atoms. The highest BCUT2D eigenvalue weighted by atomic mass is 15.3. The van der Waals surface area contributed by atoms with E-state index in [-0.39, 0.29) is 0 Å². The molecule has 5 heteroatoms. The number of fused-ring (bicyclic) bond motifs is 15. The summed E-state index contributed by atoms with van der Waals surface area (Å²) in [6, 6.07) is 32.1. The second kappa shape index (κ2) is 5.22. The summed E-state index contributed by atoms with van der Waals surface area (Å²) in [5.41, 5.74) is 7.77. The van der Waals surface area contributed by atoms with Crippen molar-refractivity contribution in [1.82, 2.24) is 23.2 Å². The number of para-hydroxylation sites is 3. The fourth-order valence-electron chi connectivity index (χ4n) is 5.87. The molecule has 5 nitrogen and oxygen atoms in total. The van der Waals surface area contributed by atoms with Gasteiger partial charge in [-0.25, -0.2) is 14.4 Å². The van der Waals surface area contributed by atoms with Gasteiger partial charge >= 0.3 is 0 Å². The summed E-state index contributed by atoms with van der Waals surface area (Å²) >= 11 is 0. The monoisotopic (exact) mass is 421 g/mol. The molecule has 4 aromatic heterocycles. The summed E-state index contributed by atoms with van der Waals surface area (Å²) in [4.78, 5) is 10.3. The molecule has 0 N–H and O–H groups in total. The zero-order chi connectivity index (χ0) is 21.3. The van der Waals surface area contributed by atoms with E-state index in [4.69, 9.17) is 9.97 Å². The molecule has 5 aromatic carbocycles. The fourth-order valence-corrected chi connectivity index (χ4v) is 5.87. The minimum Gasteiger partial charge on any atom is -0.276 e. The lowest BCUT2D eigenvalue weighted by molar-refractivity contribution is 1.15. The van der Waals surface area contributed by atoms with Crippen molar-refractivity contribution in [3.8, 4) is 0 Å². The minimum absolute atomic E-state index is 0.904. The van der Waals surface area contributed by atoms with Gasteiger partial charge in [0.2, 0.25) is 11.6 Å². The maximum Gasteiger partial charge on any atom is 0.223 e. The van der Waals surface area contributed by atoms with E-state index in [1.807, 2.05) is 6.07 Å². The van der Waals surface area contributed by atoms with Crippen LogP contribution in [0.4, 0.5) is 0 Å². The van der Waals surface area contributed by atoms with Crippen molar-refractivity contribution >= 4 is 71.7 Å². The van der Waals surface area contributed by atoms with E-state index in [9.17, 15) is 0 Å². The molecule has 0 radical (unpaired) electrons. The Morgan fingerprint density at radius 3 is 1.88 bits per heavy atom. The van der Waals surface area contributed by atoms with Crippen LogP contribution in [0, 0.1) is 0 Å². The highest BCUT2D eigenvalue weighted by molar-refractivity contribution is 6.24. The Labute approximate surface area is 186 Å². The van der Waals surface area contributed by atoms with Crippen molar-refractivity contribution in [3.63, 3.8) is 0 Å². The molecule has 0 spiro atoms. The van der Waals surface area contributed by atoms with Crippen LogP contribution in [0.25, 0.3) is 71.7 Å². The Kier molecular flexibility index (Phi) is 2.54. The average molecular weight is 421 g/mol. The summed E-state index contributed by atoms with van der Waals surface area (Å²) in [5.74, 6) is 1.81. The zero-order valence-corrected chi connectivity index (χ0v) is 17.4. The van der Waals surface area contributed by atoms with Gasteiger partial charge in [-0.1, -0.05) is 66.7 Å². The van der Waals surface area contributed by atoms with Crippen LogP contribution < -0.4 is 0 Å². The van der Waals surface area contributed by atoms with Crippen molar-refractivity contribution in [3.05, 3.63) is 91.0 Å². The third-order valence-electron chi connectivity index (χ3n) is 7.16. The molecule has 9 aromatic rings. The van der Waals surface area contributed by atoms with E-state index < -0.39 is 0 Å². The molecule has 0 aliphatic rings. The molecule has 0 unspecified atom stereocenters. The van der Waals surface area contributed by atoms with Crippen LogP contribution in [0.2, 0.25) is 0 Å². The second-order valence-corrected chi connectivity index (χ2v) is 8.75. The Balaban J connectivity index is 1.67. The second-order valence-electron chi connectivity index (χ2n) is 8.75. The number of nitrogens with zero attached hydrogens (tertiary/aromatic N) is 5. The molecule has 0 saturated heterocycles. The molecule has 152 valence electrons. The van der Waals surface area contributed by atoms with Crippen molar-refractivity contribution < 1.29 is 0 Å².